The third-order valence-electron chi connectivity index (χ3n) is 1.09. The van der Waals surface area contributed by atoms with Crippen molar-refractivity contribution in [3.05, 3.63) is 5.08 Å². The number of hydrogen-bond acceptors (Lipinski definition) is 3. The second kappa shape index (κ2) is 4.95. The molecule has 0 aromatic carbocycles. The Balaban J connectivity index is 1.97. The van der Waals surface area contributed by atoms with E-state index in [-0.39, 0.29) is 0 Å². The number of rotatable bonds is 3. The molecule has 1 atom stereocenters. The highest BCUT2D eigenvalue weighted by molar-refractivity contribution is 8.22. The summed E-state index contributed by atoms with van der Waals surface area (Å²) in [4.78, 5) is 0. The van der Waals surface area contributed by atoms with E-state index in [2.05, 4.69) is 11.0 Å². The normalized spacial score (nSPS) is 24.5. The van der Waals surface area contributed by atoms with Gasteiger partial charge in [-0.15, -0.1) is 29.9 Å². The molecule has 0 N–H and O–H groups in total. The Morgan fingerprint density at radius 3 is 3.30 bits per heavy atom. The lowest BCUT2D eigenvalue weighted by atomic mass is 10.5. The van der Waals surface area contributed by atoms with Crippen molar-refractivity contribution < 1.29 is 4.74 Å². The quantitative estimate of drug-likeness (QED) is 0.474. The Morgan fingerprint density at radius 2 is 2.70 bits per heavy atom. The van der Waals surface area contributed by atoms with E-state index >= 15 is 0 Å². The minimum absolute atomic E-state index is 0.446. The summed E-state index contributed by atoms with van der Waals surface area (Å²) in [5.41, 5.74) is 0. The first kappa shape index (κ1) is 8.32. The molecule has 0 aliphatic carbocycles. The van der Waals surface area contributed by atoms with Gasteiger partial charge < -0.3 is 4.74 Å². The minimum atomic E-state index is 0.446. The zero-order valence-corrected chi connectivity index (χ0v) is 7.21. The average molecular weight is 173 g/mol. The third-order valence-corrected chi connectivity index (χ3v) is 3.57. The lowest BCUT2D eigenvalue weighted by molar-refractivity contribution is 0.172. The maximum Gasteiger partial charge on any atom is 0.107 e. The predicted molar refractivity (Wildman–Crippen MR) is 47.8 cm³/mol. The van der Waals surface area contributed by atoms with Gasteiger partial charge in [-0.1, -0.05) is 5.92 Å². The molecule has 1 saturated heterocycles. The molecule has 1 rings (SSSR count). The highest BCUT2D eigenvalue weighted by Gasteiger charge is 2.15. The molecule has 3 heteroatoms. The maximum absolute atomic E-state index is 5.18. The number of hydrogen-bond donors (Lipinski definition) is 0. The lowest BCUT2D eigenvalue weighted by Gasteiger charge is -2.04. The molecule has 1 aliphatic heterocycles. The molecule has 1 nitrogen and oxygen atoms in total. The summed E-state index contributed by atoms with van der Waals surface area (Å²) in [6.45, 7) is 1.24. The van der Waals surface area contributed by atoms with E-state index in [9.17, 15) is 0 Å². The molecule has 0 bridgehead atoms. The van der Waals surface area contributed by atoms with E-state index in [0.717, 1.165) is 12.4 Å². The second-order valence-corrected chi connectivity index (χ2v) is 4.28. The lowest BCUT2D eigenvalue weighted by Crippen LogP contribution is -2.10. The van der Waals surface area contributed by atoms with Crippen molar-refractivity contribution in [2.45, 2.75) is 5.25 Å². The van der Waals surface area contributed by atoms with Crippen LogP contribution in [0.25, 0.3) is 0 Å². The average Bonchev–Trinajstić information content (AvgIpc) is 2.41. The van der Waals surface area contributed by atoms with Crippen LogP contribution in [-0.2, 0) is 4.74 Å². The zero-order chi connectivity index (χ0) is 7.23. The van der Waals surface area contributed by atoms with Crippen molar-refractivity contribution in [2.24, 2.45) is 0 Å². The van der Waals surface area contributed by atoms with Gasteiger partial charge in [0, 0.05) is 11.0 Å². The first-order chi connectivity index (χ1) is 4.93. The summed E-state index contributed by atoms with van der Waals surface area (Å²) in [5, 5.41) is 2.78. The molecule has 0 aromatic rings. The fourth-order valence-electron chi connectivity index (χ4n) is 0.640. The summed E-state index contributed by atoms with van der Waals surface area (Å²) in [5.74, 6) is 3.61. The Hall–Kier alpha value is 0.220. The molecule has 0 amide bonds. The van der Waals surface area contributed by atoms with E-state index in [1.807, 2.05) is 23.5 Å². The van der Waals surface area contributed by atoms with E-state index in [1.54, 1.807) is 0 Å². The molecule has 55 valence electrons. The Morgan fingerprint density at radius 1 is 1.80 bits per heavy atom. The van der Waals surface area contributed by atoms with E-state index in [0.29, 0.717) is 11.9 Å². The van der Waals surface area contributed by atoms with Crippen LogP contribution < -0.4 is 0 Å². The van der Waals surface area contributed by atoms with Crippen LogP contribution in [0.3, 0.4) is 0 Å². The molecule has 1 unspecified atom stereocenters. The molecule has 1 radical (unpaired) electrons. The van der Waals surface area contributed by atoms with Crippen molar-refractivity contribution in [1.82, 2.24) is 0 Å². The van der Waals surface area contributed by atoms with Gasteiger partial charge in [-0.3, -0.25) is 0 Å². The van der Waals surface area contributed by atoms with Crippen LogP contribution in [0.1, 0.15) is 0 Å². The molecule has 1 aliphatic rings. The molecule has 0 aromatic heterocycles. The SMILES string of the molecule is C#CCOCC1CS[CH]S1. The van der Waals surface area contributed by atoms with E-state index < -0.39 is 0 Å². The van der Waals surface area contributed by atoms with Gasteiger partial charge in [0.15, 0.2) is 0 Å². The van der Waals surface area contributed by atoms with Gasteiger partial charge in [0.1, 0.15) is 6.61 Å². The summed E-state index contributed by atoms with van der Waals surface area (Å²) in [6.07, 6.45) is 5.02. The summed E-state index contributed by atoms with van der Waals surface area (Å²) in [6, 6.07) is 0. The predicted octanol–water partition coefficient (Wildman–Crippen LogP) is 1.60. The molecule has 1 fully saturated rings. The van der Waals surface area contributed by atoms with Crippen molar-refractivity contribution in [3.63, 3.8) is 0 Å². The summed E-state index contributed by atoms with van der Waals surface area (Å²) < 4.78 is 5.18. The number of ether oxygens (including phenoxy) is 1. The van der Waals surface area contributed by atoms with Crippen LogP contribution >= 0.6 is 23.5 Å². The van der Waals surface area contributed by atoms with E-state index in [4.69, 9.17) is 11.2 Å². The van der Waals surface area contributed by atoms with Gasteiger partial charge in [-0.2, -0.15) is 0 Å². The molecular weight excluding hydrogens is 164 g/mol. The Bertz CT molecular complexity index is 124. The van der Waals surface area contributed by atoms with Gasteiger partial charge in [0.05, 0.1) is 11.7 Å². The van der Waals surface area contributed by atoms with Crippen LogP contribution in [0.2, 0.25) is 0 Å². The molecule has 10 heavy (non-hydrogen) atoms. The van der Waals surface area contributed by atoms with Gasteiger partial charge in [-0.05, 0) is 0 Å². The van der Waals surface area contributed by atoms with Crippen molar-refractivity contribution >= 4 is 23.5 Å². The molecule has 0 saturated carbocycles. The zero-order valence-electron chi connectivity index (χ0n) is 5.58. The van der Waals surface area contributed by atoms with Gasteiger partial charge >= 0.3 is 0 Å². The van der Waals surface area contributed by atoms with Crippen molar-refractivity contribution in [3.8, 4) is 12.3 Å². The van der Waals surface area contributed by atoms with Gasteiger partial charge in [0.2, 0.25) is 0 Å². The monoisotopic (exact) mass is 173 g/mol. The Labute approximate surface area is 70.3 Å². The first-order valence-corrected chi connectivity index (χ1v) is 5.02. The van der Waals surface area contributed by atoms with Crippen LogP contribution in [0, 0.1) is 17.4 Å². The van der Waals surface area contributed by atoms with Gasteiger partial charge in [-0.25, -0.2) is 0 Å². The maximum atomic E-state index is 5.18. The highest BCUT2D eigenvalue weighted by Crippen LogP contribution is 2.33. The summed E-state index contributed by atoms with van der Waals surface area (Å²) in [7, 11) is 0. The minimum Gasteiger partial charge on any atom is -0.368 e. The topological polar surface area (TPSA) is 9.23 Å². The van der Waals surface area contributed by atoms with Crippen LogP contribution in [0.15, 0.2) is 0 Å². The Kier molecular flexibility index (Phi) is 4.12. The number of terminal acetylenes is 1. The smallest absolute Gasteiger partial charge is 0.107 e. The van der Waals surface area contributed by atoms with Crippen LogP contribution in [-0.4, -0.2) is 24.2 Å². The standard InChI is InChI=1S/C7H9OS2/c1-2-3-8-4-7-5-9-6-10-7/h1,6-7H,3-5H2. The highest BCUT2D eigenvalue weighted by atomic mass is 32.2. The third kappa shape index (κ3) is 2.87. The van der Waals surface area contributed by atoms with Gasteiger partial charge in [0.25, 0.3) is 0 Å². The van der Waals surface area contributed by atoms with Crippen molar-refractivity contribution in [1.29, 1.82) is 0 Å². The number of thioether (sulfide) groups is 2. The van der Waals surface area contributed by atoms with Crippen LogP contribution in [0.4, 0.5) is 0 Å². The van der Waals surface area contributed by atoms with Crippen LogP contribution in [0.5, 0.6) is 0 Å². The fourth-order valence-corrected chi connectivity index (χ4v) is 2.93. The fraction of sp³-hybridized carbons (Fsp3) is 0.571. The molecular formula is C7H9OS2. The van der Waals surface area contributed by atoms with E-state index in [1.165, 1.54) is 0 Å². The largest absolute Gasteiger partial charge is 0.368 e. The molecule has 0 spiro atoms. The second-order valence-electron chi connectivity index (χ2n) is 1.91. The molecule has 1 heterocycles. The summed E-state index contributed by atoms with van der Waals surface area (Å²) >= 11 is 3.68. The van der Waals surface area contributed by atoms with Crippen molar-refractivity contribution in [2.75, 3.05) is 19.0 Å². The first-order valence-electron chi connectivity index (χ1n) is 3.03.